The van der Waals surface area contributed by atoms with E-state index < -0.39 is 5.97 Å². The van der Waals surface area contributed by atoms with Crippen LogP contribution in [0.25, 0.3) is 5.69 Å². The van der Waals surface area contributed by atoms with E-state index in [2.05, 4.69) is 25.4 Å². The number of hydrogen-bond donors (Lipinski definition) is 1. The quantitative estimate of drug-likeness (QED) is 0.648. The van der Waals surface area contributed by atoms with Crippen molar-refractivity contribution in [2.24, 2.45) is 0 Å². The van der Waals surface area contributed by atoms with Crippen LogP contribution in [0.3, 0.4) is 0 Å². The summed E-state index contributed by atoms with van der Waals surface area (Å²) in [6.07, 6.45) is 0. The average Bonchev–Trinajstić information content (AvgIpc) is 3.38. The Bertz CT molecular complexity index is 1070. The van der Waals surface area contributed by atoms with Crippen LogP contribution in [0.1, 0.15) is 32.1 Å². The lowest BCUT2D eigenvalue weighted by atomic mass is 10.1. The van der Waals surface area contributed by atoms with Gasteiger partial charge >= 0.3 is 5.97 Å². The number of piperazine rings is 1. The van der Waals surface area contributed by atoms with Crippen LogP contribution in [0.2, 0.25) is 0 Å². The molecule has 0 bridgehead atoms. The van der Waals surface area contributed by atoms with E-state index in [9.17, 15) is 9.59 Å². The summed E-state index contributed by atoms with van der Waals surface area (Å²) in [4.78, 5) is 31.9. The van der Waals surface area contributed by atoms with Crippen LogP contribution < -0.4 is 4.90 Å². The van der Waals surface area contributed by atoms with Crippen molar-refractivity contribution in [2.45, 2.75) is 13.8 Å². The van der Waals surface area contributed by atoms with E-state index in [0.29, 0.717) is 54.6 Å². The lowest BCUT2D eigenvalue weighted by Gasteiger charge is -2.34. The van der Waals surface area contributed by atoms with Gasteiger partial charge < -0.3 is 19.5 Å². The molecule has 0 radical (unpaired) electrons. The Morgan fingerprint density at radius 3 is 2.43 bits per heavy atom. The predicted molar refractivity (Wildman–Crippen MR) is 109 cm³/mol. The summed E-state index contributed by atoms with van der Waals surface area (Å²) in [6.45, 7) is 5.75. The fourth-order valence-electron chi connectivity index (χ4n) is 3.76. The number of esters is 1. The second kappa shape index (κ2) is 7.97. The summed E-state index contributed by atoms with van der Waals surface area (Å²) >= 11 is 0. The Hall–Kier alpha value is -3.69. The number of anilines is 1. The number of amides is 1. The average molecular weight is 409 g/mol. The van der Waals surface area contributed by atoms with Crippen LogP contribution in [-0.4, -0.2) is 75.3 Å². The fourth-order valence-corrected chi connectivity index (χ4v) is 3.76. The van der Waals surface area contributed by atoms with Gasteiger partial charge in [0.25, 0.3) is 5.91 Å². The number of carbonyl (C=O) groups excluding carboxylic acids is 2. The number of H-pyrrole nitrogens is 1. The number of nitrogens with one attached hydrogen (secondary N) is 1. The highest BCUT2D eigenvalue weighted by atomic mass is 16.5. The van der Waals surface area contributed by atoms with E-state index in [1.165, 1.54) is 7.11 Å². The number of methoxy groups -OCH3 is 1. The van der Waals surface area contributed by atoms with Crippen molar-refractivity contribution in [3.8, 4) is 5.69 Å². The zero-order valence-electron chi connectivity index (χ0n) is 17.1. The third-order valence-corrected chi connectivity index (χ3v) is 5.34. The second-order valence-corrected chi connectivity index (χ2v) is 7.12. The number of rotatable bonds is 4. The number of hydrogen-bond acceptors (Lipinski definition) is 7. The van der Waals surface area contributed by atoms with Gasteiger partial charge in [-0.2, -0.15) is 4.68 Å². The van der Waals surface area contributed by atoms with Crippen LogP contribution in [-0.2, 0) is 4.74 Å². The smallest absolute Gasteiger partial charge is 0.339 e. The summed E-state index contributed by atoms with van der Waals surface area (Å²) in [5.74, 6) is 0.0686. The molecule has 1 aromatic carbocycles. The maximum atomic E-state index is 13.1. The van der Waals surface area contributed by atoms with Gasteiger partial charge in [-0.15, -0.1) is 0 Å². The molecule has 30 heavy (non-hydrogen) atoms. The number of aromatic nitrogens is 5. The van der Waals surface area contributed by atoms with Gasteiger partial charge in [0.05, 0.1) is 18.4 Å². The van der Waals surface area contributed by atoms with Gasteiger partial charge in [-0.1, -0.05) is 23.3 Å². The molecule has 10 heteroatoms. The van der Waals surface area contributed by atoms with E-state index >= 15 is 0 Å². The van der Waals surface area contributed by atoms with E-state index in [-0.39, 0.29) is 5.91 Å². The third-order valence-electron chi connectivity index (χ3n) is 5.34. The van der Waals surface area contributed by atoms with E-state index in [1.807, 2.05) is 30.3 Å². The molecule has 1 amide bonds. The minimum absolute atomic E-state index is 0.131. The highest BCUT2D eigenvalue weighted by Gasteiger charge is 2.29. The van der Waals surface area contributed by atoms with Gasteiger partial charge in [-0.25, -0.2) is 4.79 Å². The molecular formula is C20H23N7O3. The molecule has 0 aliphatic carbocycles. The molecule has 0 spiro atoms. The SMILES string of the molecule is COC(=O)c1c(C)[nH]c(C(=O)N2CCN(c3nnnn3-c3ccccc3)CC2)c1C. The molecule has 0 unspecified atom stereocenters. The summed E-state index contributed by atoms with van der Waals surface area (Å²) in [5, 5.41) is 12.1. The number of aromatic amines is 1. The molecule has 0 saturated carbocycles. The molecule has 3 aromatic rings. The monoisotopic (exact) mass is 409 g/mol. The lowest BCUT2D eigenvalue weighted by molar-refractivity contribution is 0.0599. The van der Waals surface area contributed by atoms with Crippen molar-refractivity contribution in [1.82, 2.24) is 30.1 Å². The maximum Gasteiger partial charge on any atom is 0.339 e. The van der Waals surface area contributed by atoms with Crippen molar-refractivity contribution in [1.29, 1.82) is 0 Å². The van der Waals surface area contributed by atoms with Crippen LogP contribution in [0, 0.1) is 13.8 Å². The standard InChI is InChI=1S/C20H23N7O3/c1-13-16(19(29)30-3)14(2)21-17(13)18(28)25-9-11-26(12-10-25)20-22-23-24-27(20)15-7-5-4-6-8-15/h4-8,21H,9-12H2,1-3H3. The molecule has 10 nitrogen and oxygen atoms in total. The zero-order valence-corrected chi connectivity index (χ0v) is 17.1. The Morgan fingerprint density at radius 2 is 1.77 bits per heavy atom. The number of ether oxygens (including phenoxy) is 1. The molecule has 1 saturated heterocycles. The maximum absolute atomic E-state index is 13.1. The molecular weight excluding hydrogens is 386 g/mol. The van der Waals surface area contributed by atoms with E-state index in [1.54, 1.807) is 23.4 Å². The lowest BCUT2D eigenvalue weighted by Crippen LogP contribution is -2.49. The van der Waals surface area contributed by atoms with E-state index in [4.69, 9.17) is 4.74 Å². The van der Waals surface area contributed by atoms with Crippen molar-refractivity contribution < 1.29 is 14.3 Å². The van der Waals surface area contributed by atoms with Gasteiger partial charge in [0, 0.05) is 31.9 Å². The number of benzene rings is 1. The Balaban J connectivity index is 1.48. The minimum atomic E-state index is -0.446. The molecule has 4 rings (SSSR count). The molecule has 1 aliphatic rings. The van der Waals surface area contributed by atoms with E-state index in [0.717, 1.165) is 5.69 Å². The number of tetrazole rings is 1. The Kier molecular flexibility index (Phi) is 5.21. The Morgan fingerprint density at radius 1 is 1.07 bits per heavy atom. The molecule has 1 fully saturated rings. The molecule has 156 valence electrons. The number of carbonyl (C=O) groups is 2. The van der Waals surface area contributed by atoms with Gasteiger partial charge in [0.15, 0.2) is 0 Å². The molecule has 3 heterocycles. The van der Waals surface area contributed by atoms with Crippen molar-refractivity contribution in [2.75, 3.05) is 38.2 Å². The van der Waals surface area contributed by atoms with Crippen LogP contribution in [0.5, 0.6) is 0 Å². The molecule has 0 atom stereocenters. The third kappa shape index (κ3) is 3.40. The first-order valence-electron chi connectivity index (χ1n) is 9.66. The summed E-state index contributed by atoms with van der Waals surface area (Å²) in [6, 6.07) is 9.68. The minimum Gasteiger partial charge on any atom is -0.465 e. The number of nitrogens with zero attached hydrogens (tertiary/aromatic N) is 6. The van der Waals surface area contributed by atoms with Crippen LogP contribution in [0.15, 0.2) is 30.3 Å². The Labute approximate surface area is 173 Å². The zero-order chi connectivity index (χ0) is 21.3. The first-order chi connectivity index (χ1) is 14.5. The second-order valence-electron chi connectivity index (χ2n) is 7.12. The highest BCUT2D eigenvalue weighted by Crippen LogP contribution is 2.22. The van der Waals surface area contributed by atoms with Gasteiger partial charge in [0.2, 0.25) is 5.95 Å². The summed E-state index contributed by atoms with van der Waals surface area (Å²) in [7, 11) is 1.33. The topological polar surface area (TPSA) is 109 Å². The highest BCUT2D eigenvalue weighted by molar-refractivity contribution is 6.00. The predicted octanol–water partition coefficient (Wildman–Crippen LogP) is 1.36. The van der Waals surface area contributed by atoms with Gasteiger partial charge in [-0.3, -0.25) is 4.79 Å². The molecule has 1 aliphatic heterocycles. The number of aryl methyl sites for hydroxylation is 1. The van der Waals surface area contributed by atoms with Crippen molar-refractivity contribution in [3.05, 3.63) is 52.8 Å². The fraction of sp³-hybridized carbons (Fsp3) is 0.350. The first kappa shape index (κ1) is 19.6. The van der Waals surface area contributed by atoms with Gasteiger partial charge in [-0.05, 0) is 42.0 Å². The normalized spacial score (nSPS) is 14.1. The molecule has 1 N–H and O–H groups in total. The summed E-state index contributed by atoms with van der Waals surface area (Å²) in [5.41, 5.74) is 2.96. The largest absolute Gasteiger partial charge is 0.465 e. The number of para-hydroxylation sites is 1. The first-order valence-corrected chi connectivity index (χ1v) is 9.66. The van der Waals surface area contributed by atoms with Crippen molar-refractivity contribution in [3.63, 3.8) is 0 Å². The van der Waals surface area contributed by atoms with Crippen molar-refractivity contribution >= 4 is 17.8 Å². The molecule has 2 aromatic heterocycles. The van der Waals surface area contributed by atoms with Crippen LogP contribution >= 0.6 is 0 Å². The van der Waals surface area contributed by atoms with Crippen LogP contribution in [0.4, 0.5) is 5.95 Å². The summed E-state index contributed by atoms with van der Waals surface area (Å²) < 4.78 is 6.52. The van der Waals surface area contributed by atoms with Gasteiger partial charge in [0.1, 0.15) is 5.69 Å².